The number of hydrogen-bond acceptors (Lipinski definition) is 8. The van der Waals surface area contributed by atoms with Crippen LogP contribution in [0.4, 0.5) is 11.8 Å². The highest BCUT2D eigenvalue weighted by Crippen LogP contribution is 2.29. The summed E-state index contributed by atoms with van der Waals surface area (Å²) in [6, 6.07) is 13.0. The van der Waals surface area contributed by atoms with Crippen molar-refractivity contribution < 1.29 is 24.2 Å². The Morgan fingerprint density at radius 2 is 1.83 bits per heavy atom. The number of carboxylic acids is 1. The summed E-state index contributed by atoms with van der Waals surface area (Å²) in [5, 5.41) is 12.3. The van der Waals surface area contributed by atoms with E-state index in [1.165, 1.54) is 0 Å². The van der Waals surface area contributed by atoms with E-state index >= 15 is 0 Å². The highest BCUT2D eigenvalue weighted by atomic mass is 16.5. The maximum absolute atomic E-state index is 13.3. The number of amides is 1. The van der Waals surface area contributed by atoms with Gasteiger partial charge in [0, 0.05) is 18.9 Å². The van der Waals surface area contributed by atoms with Gasteiger partial charge in [0.25, 0.3) is 5.88 Å². The second kappa shape index (κ2) is 12.5. The first-order valence-corrected chi connectivity index (χ1v) is 14.0. The van der Waals surface area contributed by atoms with E-state index in [0.29, 0.717) is 37.0 Å². The first kappa shape index (κ1) is 29.8. The lowest BCUT2D eigenvalue weighted by molar-refractivity contribution is -0.146. The molecule has 1 atom stereocenters. The van der Waals surface area contributed by atoms with E-state index in [2.05, 4.69) is 25.2 Å². The molecule has 2 aromatic heterocycles. The van der Waals surface area contributed by atoms with Gasteiger partial charge in [-0.3, -0.25) is 14.9 Å². The second-order valence-corrected chi connectivity index (χ2v) is 11.4. The Bertz CT molecular complexity index is 1360. The van der Waals surface area contributed by atoms with Gasteiger partial charge in [0.15, 0.2) is 5.75 Å². The Morgan fingerprint density at radius 3 is 2.54 bits per heavy atom. The van der Waals surface area contributed by atoms with Crippen LogP contribution in [-0.4, -0.2) is 57.7 Å². The Balaban J connectivity index is 1.41. The molecule has 3 heterocycles. The topological polar surface area (TPSA) is 127 Å². The van der Waals surface area contributed by atoms with Crippen molar-refractivity contribution >= 4 is 23.6 Å². The van der Waals surface area contributed by atoms with Crippen LogP contribution in [0.25, 0.3) is 0 Å². The highest BCUT2D eigenvalue weighted by molar-refractivity contribution is 5.97. The van der Waals surface area contributed by atoms with E-state index in [9.17, 15) is 14.7 Å². The van der Waals surface area contributed by atoms with Gasteiger partial charge in [0.2, 0.25) is 11.9 Å². The fraction of sp³-hybridized carbons (Fsp3) is 0.452. The Kier molecular flexibility index (Phi) is 9.10. The number of nitrogens with zero attached hydrogens (tertiary/aromatic N) is 4. The molecule has 10 heteroatoms. The lowest BCUT2D eigenvalue weighted by Crippen LogP contribution is -2.42. The van der Waals surface area contributed by atoms with E-state index in [1.54, 1.807) is 26.2 Å². The molecule has 1 aliphatic heterocycles. The molecule has 0 aliphatic carbocycles. The van der Waals surface area contributed by atoms with Crippen LogP contribution in [0.2, 0.25) is 0 Å². The number of nitrogens with one attached hydrogen (secondary N) is 1. The number of benzene rings is 1. The van der Waals surface area contributed by atoms with Crippen LogP contribution in [0.3, 0.4) is 0 Å². The summed E-state index contributed by atoms with van der Waals surface area (Å²) in [4.78, 5) is 40.2. The van der Waals surface area contributed by atoms with Crippen LogP contribution in [0.5, 0.6) is 11.6 Å². The zero-order valence-electron chi connectivity index (χ0n) is 24.4. The summed E-state index contributed by atoms with van der Waals surface area (Å²) in [6.45, 7) is 10.9. The fourth-order valence-electron chi connectivity index (χ4n) is 4.73. The minimum atomic E-state index is -0.873. The van der Waals surface area contributed by atoms with Crippen LogP contribution in [0.1, 0.15) is 58.6 Å². The molecule has 3 aromatic rings. The predicted octanol–water partition coefficient (Wildman–Crippen LogP) is 4.89. The van der Waals surface area contributed by atoms with Gasteiger partial charge in [-0.05, 0) is 83.2 Å². The van der Waals surface area contributed by atoms with Crippen LogP contribution in [0, 0.1) is 5.41 Å². The molecule has 0 saturated carbocycles. The Hall–Kier alpha value is -4.21. The number of carbonyl (C=O) groups is 2. The minimum absolute atomic E-state index is 0.0890. The standard InChI is InChI=1S/C31H39N5O5/c1-6-40-24-10-7-16-32-26(24)41-23-9-8-18-36(20-23)25-15-17-33-29(34-25)35-27(37)31(4,5)22-13-11-21(12-14-22)19-30(2,3)28(38)39/h7,10-17,23H,6,8-9,18-20H2,1-5H3,(H,38,39)(H,33,34,35,37). The third kappa shape index (κ3) is 7.31. The molecule has 218 valence electrons. The molecular formula is C31H39N5O5. The SMILES string of the molecule is CCOc1cccnc1OC1CCCN(c2ccnc(NC(=O)C(C)(C)c3ccc(CC(C)(C)C(=O)O)cc3)n2)C1. The van der Waals surface area contributed by atoms with Crippen LogP contribution < -0.4 is 19.7 Å². The minimum Gasteiger partial charge on any atom is -0.488 e. The molecule has 1 amide bonds. The quantitative estimate of drug-likeness (QED) is 0.336. The molecule has 2 N–H and O–H groups in total. The average molecular weight is 562 g/mol. The molecule has 10 nitrogen and oxygen atoms in total. The molecule has 0 bridgehead atoms. The van der Waals surface area contributed by atoms with Gasteiger partial charge in [-0.1, -0.05) is 24.3 Å². The largest absolute Gasteiger partial charge is 0.488 e. The lowest BCUT2D eigenvalue weighted by atomic mass is 9.81. The summed E-state index contributed by atoms with van der Waals surface area (Å²) in [5.74, 6) is 0.953. The third-order valence-corrected chi connectivity index (χ3v) is 7.35. The highest BCUT2D eigenvalue weighted by Gasteiger charge is 2.32. The van der Waals surface area contributed by atoms with Crippen molar-refractivity contribution in [3.8, 4) is 11.6 Å². The number of piperidine rings is 1. The second-order valence-electron chi connectivity index (χ2n) is 11.4. The van der Waals surface area contributed by atoms with E-state index in [1.807, 2.05) is 63.2 Å². The monoisotopic (exact) mass is 561 g/mol. The van der Waals surface area contributed by atoms with Gasteiger partial charge in [0.1, 0.15) is 11.9 Å². The van der Waals surface area contributed by atoms with Crippen molar-refractivity contribution in [3.05, 3.63) is 66.0 Å². The Labute approximate surface area is 241 Å². The first-order valence-electron chi connectivity index (χ1n) is 14.0. The number of pyridine rings is 1. The number of hydrogen-bond donors (Lipinski definition) is 2. The number of ether oxygens (including phenoxy) is 2. The Morgan fingerprint density at radius 1 is 1.07 bits per heavy atom. The molecule has 0 spiro atoms. The molecular weight excluding hydrogens is 522 g/mol. The number of anilines is 2. The van der Waals surface area contributed by atoms with E-state index in [-0.39, 0.29) is 18.0 Å². The van der Waals surface area contributed by atoms with Crippen LogP contribution in [-0.2, 0) is 21.4 Å². The maximum Gasteiger partial charge on any atom is 0.309 e. The zero-order chi connectivity index (χ0) is 29.6. The van der Waals surface area contributed by atoms with Crippen molar-refractivity contribution in [2.24, 2.45) is 5.41 Å². The molecule has 41 heavy (non-hydrogen) atoms. The normalized spacial score (nSPS) is 15.7. The lowest BCUT2D eigenvalue weighted by Gasteiger charge is -2.33. The zero-order valence-corrected chi connectivity index (χ0v) is 24.4. The smallest absolute Gasteiger partial charge is 0.309 e. The summed E-state index contributed by atoms with van der Waals surface area (Å²) in [5.41, 5.74) is -0.0396. The number of rotatable bonds is 11. The summed E-state index contributed by atoms with van der Waals surface area (Å²) in [7, 11) is 0. The van der Waals surface area contributed by atoms with Crippen molar-refractivity contribution in [1.29, 1.82) is 0 Å². The van der Waals surface area contributed by atoms with Gasteiger partial charge in [-0.25, -0.2) is 9.97 Å². The van der Waals surface area contributed by atoms with Crippen LogP contribution >= 0.6 is 0 Å². The van der Waals surface area contributed by atoms with Gasteiger partial charge < -0.3 is 19.5 Å². The van der Waals surface area contributed by atoms with Crippen molar-refractivity contribution in [2.45, 2.75) is 65.4 Å². The predicted molar refractivity (Wildman–Crippen MR) is 157 cm³/mol. The fourth-order valence-corrected chi connectivity index (χ4v) is 4.73. The van der Waals surface area contributed by atoms with Gasteiger partial charge >= 0.3 is 5.97 Å². The molecule has 1 saturated heterocycles. The number of aromatic nitrogens is 3. The molecule has 0 radical (unpaired) electrons. The molecule has 4 rings (SSSR count). The van der Waals surface area contributed by atoms with E-state index in [0.717, 1.165) is 30.5 Å². The van der Waals surface area contributed by atoms with Gasteiger partial charge in [-0.2, -0.15) is 4.98 Å². The summed E-state index contributed by atoms with van der Waals surface area (Å²) < 4.78 is 11.9. The van der Waals surface area contributed by atoms with Gasteiger partial charge in [0.05, 0.1) is 24.0 Å². The number of aliphatic carboxylic acids is 1. The molecule has 1 aliphatic rings. The summed E-state index contributed by atoms with van der Waals surface area (Å²) >= 11 is 0. The number of carboxylic acid groups (broad SMARTS) is 1. The molecule has 1 fully saturated rings. The maximum atomic E-state index is 13.3. The van der Waals surface area contributed by atoms with Crippen LogP contribution in [0.15, 0.2) is 54.9 Å². The first-order chi connectivity index (χ1) is 19.5. The van der Waals surface area contributed by atoms with E-state index in [4.69, 9.17) is 9.47 Å². The van der Waals surface area contributed by atoms with Crippen molar-refractivity contribution in [2.75, 3.05) is 29.9 Å². The van der Waals surface area contributed by atoms with Gasteiger partial charge in [-0.15, -0.1) is 0 Å². The van der Waals surface area contributed by atoms with E-state index < -0.39 is 16.8 Å². The average Bonchev–Trinajstić information content (AvgIpc) is 2.94. The van der Waals surface area contributed by atoms with Crippen molar-refractivity contribution in [3.63, 3.8) is 0 Å². The number of carbonyl (C=O) groups excluding carboxylic acids is 1. The summed E-state index contributed by atoms with van der Waals surface area (Å²) in [6.07, 6.45) is 5.43. The third-order valence-electron chi connectivity index (χ3n) is 7.35. The molecule has 1 aromatic carbocycles. The van der Waals surface area contributed by atoms with Crippen molar-refractivity contribution in [1.82, 2.24) is 15.0 Å². The molecule has 1 unspecified atom stereocenters.